The first-order valence-corrected chi connectivity index (χ1v) is 11.4. The second-order valence-corrected chi connectivity index (χ2v) is 8.99. The Kier molecular flexibility index (Phi) is 5.83. The summed E-state index contributed by atoms with van der Waals surface area (Å²) in [4.78, 5) is 6.47. The van der Waals surface area contributed by atoms with Crippen molar-refractivity contribution in [2.75, 3.05) is 4.90 Å². The number of thiocarbonyl (C=S) groups is 1. The lowest BCUT2D eigenvalue weighted by Crippen LogP contribution is -2.29. The Morgan fingerprint density at radius 2 is 1.91 bits per heavy atom. The van der Waals surface area contributed by atoms with Crippen molar-refractivity contribution in [3.8, 4) is 11.3 Å². The third kappa shape index (κ3) is 4.10. The number of furan rings is 1. The van der Waals surface area contributed by atoms with E-state index in [1.165, 1.54) is 6.07 Å². The van der Waals surface area contributed by atoms with E-state index in [0.717, 1.165) is 16.9 Å². The standard InChI is InChI=1S/C25H18Cl2FN3OS/c1-14-12-16(6-8-19(14)28)31-24(23(30-25(31)33)20-4-2-3-11-29-20)22-10-9-21(32-22)17-7-5-15(26)13-18(17)27/h2-13,23-24H,1H3,(H,30,33)/t23-,24+/m1/s1. The number of hydrogen-bond acceptors (Lipinski definition) is 3. The van der Waals surface area contributed by atoms with Crippen LogP contribution < -0.4 is 10.2 Å². The monoisotopic (exact) mass is 497 g/mol. The van der Waals surface area contributed by atoms with Gasteiger partial charge < -0.3 is 14.6 Å². The lowest BCUT2D eigenvalue weighted by Gasteiger charge is -2.26. The maximum absolute atomic E-state index is 14.0. The highest BCUT2D eigenvalue weighted by molar-refractivity contribution is 7.80. The van der Waals surface area contributed by atoms with Crippen LogP contribution in [0.4, 0.5) is 10.1 Å². The van der Waals surface area contributed by atoms with Gasteiger partial charge in [-0.05, 0) is 85.4 Å². The number of anilines is 1. The summed E-state index contributed by atoms with van der Waals surface area (Å²) in [5, 5.41) is 4.92. The van der Waals surface area contributed by atoms with Gasteiger partial charge in [0, 0.05) is 22.5 Å². The van der Waals surface area contributed by atoms with E-state index in [0.29, 0.717) is 32.2 Å². The van der Waals surface area contributed by atoms with E-state index in [1.54, 1.807) is 37.4 Å². The summed E-state index contributed by atoms with van der Waals surface area (Å²) >= 11 is 18.2. The maximum atomic E-state index is 14.0. The van der Waals surface area contributed by atoms with Crippen molar-refractivity contribution in [2.45, 2.75) is 19.0 Å². The van der Waals surface area contributed by atoms with E-state index in [4.69, 9.17) is 39.8 Å². The van der Waals surface area contributed by atoms with Gasteiger partial charge in [-0.1, -0.05) is 29.3 Å². The molecule has 1 saturated heterocycles. The van der Waals surface area contributed by atoms with E-state index >= 15 is 0 Å². The van der Waals surface area contributed by atoms with Crippen molar-refractivity contribution >= 4 is 46.2 Å². The fourth-order valence-corrected chi connectivity index (χ4v) is 4.89. The zero-order valence-electron chi connectivity index (χ0n) is 17.4. The molecule has 1 aliphatic rings. The van der Waals surface area contributed by atoms with Crippen LogP contribution in [-0.2, 0) is 0 Å². The molecule has 0 unspecified atom stereocenters. The zero-order valence-corrected chi connectivity index (χ0v) is 19.8. The summed E-state index contributed by atoms with van der Waals surface area (Å²) in [6, 6.07) is 19.1. The first kappa shape index (κ1) is 21.9. The molecule has 4 aromatic rings. The summed E-state index contributed by atoms with van der Waals surface area (Å²) in [7, 11) is 0. The largest absolute Gasteiger partial charge is 0.459 e. The fraction of sp³-hybridized carbons (Fsp3) is 0.120. The SMILES string of the molecule is Cc1cc(N2C(=S)N[C@H](c3ccccn3)[C@@H]2c2ccc(-c3ccc(Cl)cc3Cl)o2)ccc1F. The highest BCUT2D eigenvalue weighted by atomic mass is 35.5. The van der Waals surface area contributed by atoms with Gasteiger partial charge in [0.2, 0.25) is 0 Å². The van der Waals surface area contributed by atoms with Crippen LogP contribution in [0.1, 0.15) is 29.1 Å². The van der Waals surface area contributed by atoms with Crippen LogP contribution in [0.5, 0.6) is 0 Å². The second-order valence-electron chi connectivity index (χ2n) is 7.76. The predicted molar refractivity (Wildman–Crippen MR) is 133 cm³/mol. The third-order valence-electron chi connectivity index (χ3n) is 5.63. The Labute approximate surface area is 206 Å². The molecule has 166 valence electrons. The molecule has 0 saturated carbocycles. The van der Waals surface area contributed by atoms with Crippen molar-refractivity contribution in [3.05, 3.63) is 106 Å². The number of pyridine rings is 1. The van der Waals surface area contributed by atoms with E-state index < -0.39 is 0 Å². The molecule has 33 heavy (non-hydrogen) atoms. The second kappa shape index (κ2) is 8.78. The molecule has 2 aromatic heterocycles. The van der Waals surface area contributed by atoms with Crippen molar-refractivity contribution < 1.29 is 8.81 Å². The third-order valence-corrected chi connectivity index (χ3v) is 6.50. The van der Waals surface area contributed by atoms with Gasteiger partial charge in [-0.15, -0.1) is 0 Å². The van der Waals surface area contributed by atoms with Crippen LogP contribution in [0.3, 0.4) is 0 Å². The van der Waals surface area contributed by atoms with Crippen LogP contribution in [-0.4, -0.2) is 10.1 Å². The predicted octanol–water partition coefficient (Wildman–Crippen LogP) is 7.27. The molecule has 3 heterocycles. The molecule has 2 aromatic carbocycles. The van der Waals surface area contributed by atoms with Gasteiger partial charge in [0.25, 0.3) is 0 Å². The number of nitrogens with one attached hydrogen (secondary N) is 1. The van der Waals surface area contributed by atoms with E-state index in [1.807, 2.05) is 41.3 Å². The molecule has 0 amide bonds. The lowest BCUT2D eigenvalue weighted by molar-refractivity contribution is 0.439. The normalized spacial score (nSPS) is 17.9. The van der Waals surface area contributed by atoms with Crippen molar-refractivity contribution in [1.82, 2.24) is 10.3 Å². The Bertz CT molecular complexity index is 1340. The summed E-state index contributed by atoms with van der Waals surface area (Å²) in [5.41, 5.74) is 2.84. The summed E-state index contributed by atoms with van der Waals surface area (Å²) in [6.45, 7) is 1.73. The van der Waals surface area contributed by atoms with Crippen LogP contribution in [0.15, 0.2) is 77.3 Å². The van der Waals surface area contributed by atoms with Crippen LogP contribution >= 0.6 is 35.4 Å². The highest BCUT2D eigenvalue weighted by Gasteiger charge is 2.42. The molecule has 1 N–H and O–H groups in total. The molecule has 1 fully saturated rings. The minimum Gasteiger partial charge on any atom is -0.459 e. The number of hydrogen-bond donors (Lipinski definition) is 1. The van der Waals surface area contributed by atoms with Crippen molar-refractivity contribution in [3.63, 3.8) is 0 Å². The van der Waals surface area contributed by atoms with Gasteiger partial charge in [-0.25, -0.2) is 4.39 Å². The minimum absolute atomic E-state index is 0.271. The molecule has 8 heteroatoms. The fourth-order valence-electron chi connectivity index (χ4n) is 4.05. The van der Waals surface area contributed by atoms with Gasteiger partial charge in [0.05, 0.1) is 16.8 Å². The molecule has 0 bridgehead atoms. The average molecular weight is 498 g/mol. The highest BCUT2D eigenvalue weighted by Crippen LogP contribution is 2.43. The number of aryl methyl sites for hydroxylation is 1. The maximum Gasteiger partial charge on any atom is 0.174 e. The molecular weight excluding hydrogens is 480 g/mol. The zero-order chi connectivity index (χ0) is 23.1. The molecule has 0 aliphatic carbocycles. The number of nitrogens with zero attached hydrogens (tertiary/aromatic N) is 2. The van der Waals surface area contributed by atoms with Gasteiger partial charge in [-0.2, -0.15) is 0 Å². The van der Waals surface area contributed by atoms with Crippen molar-refractivity contribution in [2.24, 2.45) is 0 Å². The topological polar surface area (TPSA) is 41.3 Å². The molecular formula is C25H18Cl2FN3OS. The number of benzene rings is 2. The summed E-state index contributed by atoms with van der Waals surface area (Å²) in [6.07, 6.45) is 1.74. The van der Waals surface area contributed by atoms with E-state index in [2.05, 4.69) is 10.3 Å². The molecule has 5 rings (SSSR count). The first-order chi connectivity index (χ1) is 15.9. The van der Waals surface area contributed by atoms with E-state index in [9.17, 15) is 4.39 Å². The molecule has 1 aliphatic heterocycles. The molecule has 2 atom stereocenters. The Balaban J connectivity index is 1.61. The van der Waals surface area contributed by atoms with Crippen LogP contribution in [0.2, 0.25) is 10.0 Å². The minimum atomic E-state index is -0.350. The van der Waals surface area contributed by atoms with Gasteiger partial charge >= 0.3 is 0 Å². The van der Waals surface area contributed by atoms with Crippen LogP contribution in [0, 0.1) is 12.7 Å². The van der Waals surface area contributed by atoms with Gasteiger partial charge in [-0.3, -0.25) is 4.98 Å². The van der Waals surface area contributed by atoms with Crippen molar-refractivity contribution in [1.29, 1.82) is 0 Å². The summed E-state index contributed by atoms with van der Waals surface area (Å²) < 4.78 is 20.3. The van der Waals surface area contributed by atoms with E-state index in [-0.39, 0.29) is 17.9 Å². The summed E-state index contributed by atoms with van der Waals surface area (Å²) in [5.74, 6) is 1.01. The quantitative estimate of drug-likeness (QED) is 0.300. The molecule has 4 nitrogen and oxygen atoms in total. The number of rotatable bonds is 4. The Morgan fingerprint density at radius 3 is 2.64 bits per heavy atom. The Morgan fingerprint density at radius 1 is 1.06 bits per heavy atom. The Hall–Kier alpha value is -2.93. The number of aromatic nitrogens is 1. The molecule has 0 spiro atoms. The average Bonchev–Trinajstić information content (AvgIpc) is 3.41. The number of halogens is 3. The first-order valence-electron chi connectivity index (χ1n) is 10.2. The molecule has 0 radical (unpaired) electrons. The lowest BCUT2D eigenvalue weighted by atomic mass is 10.0. The van der Waals surface area contributed by atoms with Gasteiger partial charge in [0.15, 0.2) is 5.11 Å². The van der Waals surface area contributed by atoms with Crippen LogP contribution in [0.25, 0.3) is 11.3 Å². The van der Waals surface area contributed by atoms with Gasteiger partial charge in [0.1, 0.15) is 23.4 Å². The smallest absolute Gasteiger partial charge is 0.174 e.